The molecule has 5 nitrogen and oxygen atoms in total. The molecule has 0 bridgehead atoms. The molecule has 2 aromatic rings. The number of oxazole rings is 1. The predicted octanol–water partition coefficient (Wildman–Crippen LogP) is 1.88. The lowest BCUT2D eigenvalue weighted by molar-refractivity contribution is 0.434. The van der Waals surface area contributed by atoms with Gasteiger partial charge in [0.2, 0.25) is 15.9 Å². The molecule has 6 heteroatoms. The molecule has 0 saturated carbocycles. The van der Waals surface area contributed by atoms with Gasteiger partial charge in [-0.25, -0.2) is 13.4 Å². The summed E-state index contributed by atoms with van der Waals surface area (Å²) in [4.78, 5) is 4.34. The van der Waals surface area contributed by atoms with Crippen molar-refractivity contribution < 1.29 is 12.8 Å². The maximum atomic E-state index is 11.7. The Morgan fingerprint density at radius 1 is 1.26 bits per heavy atom. The summed E-state index contributed by atoms with van der Waals surface area (Å²) >= 11 is 0. The normalized spacial score (nSPS) is 18.7. The fourth-order valence-electron chi connectivity index (χ4n) is 2.14. The second-order valence-electron chi connectivity index (χ2n) is 4.51. The molecule has 3 rings (SSSR count). The highest BCUT2D eigenvalue weighted by atomic mass is 32.2. The first-order valence-electron chi connectivity index (χ1n) is 6.13. The van der Waals surface area contributed by atoms with Gasteiger partial charge in [-0.3, -0.25) is 0 Å². The van der Waals surface area contributed by atoms with Crippen LogP contribution in [0.25, 0.3) is 11.5 Å². The number of aromatic nitrogens is 1. The third-order valence-corrected chi connectivity index (χ3v) is 5.02. The lowest BCUT2D eigenvalue weighted by Gasteiger charge is -2.11. The maximum absolute atomic E-state index is 11.7. The van der Waals surface area contributed by atoms with Crippen molar-refractivity contribution in [1.29, 1.82) is 0 Å². The number of benzene rings is 1. The van der Waals surface area contributed by atoms with Gasteiger partial charge in [0.1, 0.15) is 6.26 Å². The Kier molecular flexibility index (Phi) is 3.12. The summed E-state index contributed by atoms with van der Waals surface area (Å²) in [6, 6.07) is 9.54. The number of hydrogen-bond acceptors (Lipinski definition) is 4. The van der Waals surface area contributed by atoms with E-state index in [1.54, 1.807) is 0 Å². The molecule has 0 amide bonds. The van der Waals surface area contributed by atoms with Crippen LogP contribution in [-0.4, -0.2) is 30.0 Å². The Balaban J connectivity index is 1.79. The van der Waals surface area contributed by atoms with E-state index < -0.39 is 10.0 Å². The molecule has 0 N–H and O–H groups in total. The average Bonchev–Trinajstić information content (AvgIpc) is 2.99. The molecule has 1 saturated heterocycles. The second kappa shape index (κ2) is 4.79. The monoisotopic (exact) mass is 278 g/mol. The van der Waals surface area contributed by atoms with Crippen LogP contribution < -0.4 is 0 Å². The van der Waals surface area contributed by atoms with Crippen LogP contribution in [0.5, 0.6) is 0 Å². The van der Waals surface area contributed by atoms with Crippen LogP contribution in [0.2, 0.25) is 0 Å². The van der Waals surface area contributed by atoms with Crippen LogP contribution in [0.15, 0.2) is 41.0 Å². The van der Waals surface area contributed by atoms with Crippen LogP contribution in [-0.2, 0) is 16.6 Å². The number of nitrogens with zero attached hydrogens (tertiary/aromatic N) is 2. The predicted molar refractivity (Wildman–Crippen MR) is 70.8 cm³/mol. The Morgan fingerprint density at radius 3 is 2.74 bits per heavy atom. The fourth-order valence-corrected chi connectivity index (χ4v) is 3.63. The molecule has 1 aromatic carbocycles. The molecule has 19 heavy (non-hydrogen) atoms. The Morgan fingerprint density at radius 2 is 2.05 bits per heavy atom. The van der Waals surface area contributed by atoms with E-state index in [4.69, 9.17) is 4.42 Å². The second-order valence-corrected chi connectivity index (χ2v) is 6.60. The minimum Gasteiger partial charge on any atom is -0.444 e. The largest absolute Gasteiger partial charge is 0.444 e. The quantitative estimate of drug-likeness (QED) is 0.860. The lowest BCUT2D eigenvalue weighted by atomic mass is 10.2. The summed E-state index contributed by atoms with van der Waals surface area (Å²) < 4.78 is 30.3. The number of rotatable bonds is 3. The smallest absolute Gasteiger partial charge is 0.226 e. The van der Waals surface area contributed by atoms with E-state index in [9.17, 15) is 8.42 Å². The van der Waals surface area contributed by atoms with Gasteiger partial charge in [0.15, 0.2) is 0 Å². The zero-order valence-electron chi connectivity index (χ0n) is 10.3. The van der Waals surface area contributed by atoms with Crippen LogP contribution >= 0.6 is 0 Å². The first-order valence-corrected chi connectivity index (χ1v) is 7.74. The first kappa shape index (κ1) is 12.4. The number of hydrogen-bond donors (Lipinski definition) is 0. The zero-order chi connectivity index (χ0) is 13.3. The van der Waals surface area contributed by atoms with Crippen molar-refractivity contribution in [2.45, 2.75) is 13.0 Å². The van der Waals surface area contributed by atoms with Crippen molar-refractivity contribution in [1.82, 2.24) is 9.29 Å². The minimum atomic E-state index is -3.09. The zero-order valence-corrected chi connectivity index (χ0v) is 11.1. The minimum absolute atomic E-state index is 0.233. The van der Waals surface area contributed by atoms with Crippen LogP contribution in [0.3, 0.4) is 0 Å². The fraction of sp³-hybridized carbons (Fsp3) is 0.308. The summed E-state index contributed by atoms with van der Waals surface area (Å²) in [7, 11) is -3.09. The van der Waals surface area contributed by atoms with E-state index in [0.29, 0.717) is 31.1 Å². The van der Waals surface area contributed by atoms with Crippen molar-refractivity contribution in [3.8, 4) is 11.5 Å². The molecule has 0 aliphatic carbocycles. The SMILES string of the molecule is O=S1(=O)CCCN1Cc1coc(-c2ccccc2)n1. The highest BCUT2D eigenvalue weighted by Crippen LogP contribution is 2.21. The van der Waals surface area contributed by atoms with Crippen molar-refractivity contribution in [2.24, 2.45) is 0 Å². The summed E-state index contributed by atoms with van der Waals surface area (Å²) in [6.45, 7) is 0.856. The van der Waals surface area contributed by atoms with E-state index in [0.717, 1.165) is 5.56 Å². The van der Waals surface area contributed by atoms with Crippen molar-refractivity contribution in [3.05, 3.63) is 42.3 Å². The maximum Gasteiger partial charge on any atom is 0.226 e. The third kappa shape index (κ3) is 2.54. The molecule has 2 heterocycles. The number of sulfonamides is 1. The van der Waals surface area contributed by atoms with Crippen LogP contribution in [0.1, 0.15) is 12.1 Å². The van der Waals surface area contributed by atoms with E-state index in [1.165, 1.54) is 10.6 Å². The van der Waals surface area contributed by atoms with Gasteiger partial charge in [0.05, 0.1) is 18.0 Å². The molecular weight excluding hydrogens is 264 g/mol. The van der Waals surface area contributed by atoms with E-state index in [-0.39, 0.29) is 5.75 Å². The van der Waals surface area contributed by atoms with E-state index >= 15 is 0 Å². The Hall–Kier alpha value is -1.66. The molecule has 0 radical (unpaired) electrons. The topological polar surface area (TPSA) is 63.4 Å². The highest BCUT2D eigenvalue weighted by molar-refractivity contribution is 7.89. The van der Waals surface area contributed by atoms with Gasteiger partial charge in [-0.1, -0.05) is 18.2 Å². The highest BCUT2D eigenvalue weighted by Gasteiger charge is 2.28. The molecule has 1 aliphatic heterocycles. The molecule has 0 unspecified atom stereocenters. The van der Waals surface area contributed by atoms with Crippen LogP contribution in [0, 0.1) is 0 Å². The van der Waals surface area contributed by atoms with Crippen molar-refractivity contribution >= 4 is 10.0 Å². The summed E-state index contributed by atoms with van der Waals surface area (Å²) in [5, 5.41) is 0. The molecule has 1 aromatic heterocycles. The Labute approximate surface area is 111 Å². The van der Waals surface area contributed by atoms with Gasteiger partial charge in [-0.15, -0.1) is 0 Å². The van der Waals surface area contributed by atoms with Gasteiger partial charge in [-0.05, 0) is 18.6 Å². The van der Waals surface area contributed by atoms with Gasteiger partial charge >= 0.3 is 0 Å². The van der Waals surface area contributed by atoms with Crippen LogP contribution in [0.4, 0.5) is 0 Å². The summed E-state index contributed by atoms with van der Waals surface area (Å²) in [6.07, 6.45) is 2.21. The molecule has 100 valence electrons. The van der Waals surface area contributed by atoms with Gasteiger partial charge in [-0.2, -0.15) is 4.31 Å². The molecular formula is C13H14N2O3S. The average molecular weight is 278 g/mol. The van der Waals surface area contributed by atoms with Crippen molar-refractivity contribution in [3.63, 3.8) is 0 Å². The van der Waals surface area contributed by atoms with Gasteiger partial charge in [0, 0.05) is 12.1 Å². The van der Waals surface area contributed by atoms with Gasteiger partial charge < -0.3 is 4.42 Å². The third-order valence-electron chi connectivity index (χ3n) is 3.11. The molecule has 1 aliphatic rings. The Bertz CT molecular complexity index is 664. The summed E-state index contributed by atoms with van der Waals surface area (Å²) in [5.74, 6) is 0.753. The van der Waals surface area contributed by atoms with Gasteiger partial charge in [0.25, 0.3) is 0 Å². The van der Waals surface area contributed by atoms with E-state index in [2.05, 4.69) is 4.98 Å². The van der Waals surface area contributed by atoms with Crippen molar-refractivity contribution in [2.75, 3.05) is 12.3 Å². The molecule has 1 fully saturated rings. The van der Waals surface area contributed by atoms with E-state index in [1.807, 2.05) is 30.3 Å². The summed E-state index contributed by atoms with van der Waals surface area (Å²) in [5.41, 5.74) is 1.53. The standard InChI is InChI=1S/C13H14N2O3S/c16-19(17)8-4-7-15(19)9-12-10-18-13(14-12)11-5-2-1-3-6-11/h1-3,5-6,10H,4,7-9H2. The lowest BCUT2D eigenvalue weighted by Crippen LogP contribution is -2.25. The molecule has 0 atom stereocenters. The first-order chi connectivity index (χ1) is 9.15. The molecule has 0 spiro atoms.